The van der Waals surface area contributed by atoms with E-state index in [9.17, 15) is 4.79 Å². The Hall–Kier alpha value is -2.24. The predicted molar refractivity (Wildman–Crippen MR) is 100 cm³/mol. The molecule has 1 atom stereocenters. The van der Waals surface area contributed by atoms with Gasteiger partial charge in [-0.05, 0) is 50.0 Å². The summed E-state index contributed by atoms with van der Waals surface area (Å²) in [6.45, 7) is 4.02. The lowest BCUT2D eigenvalue weighted by Gasteiger charge is -2.12. The van der Waals surface area contributed by atoms with Crippen LogP contribution in [0, 0.1) is 13.8 Å². The SMILES string of the molecule is Cc1cccc(C)c1C(=O)Pc1ccccc1-c1ccccc1. The molecule has 23 heavy (non-hydrogen) atoms. The summed E-state index contributed by atoms with van der Waals surface area (Å²) >= 11 is 0. The second-order valence-electron chi connectivity index (χ2n) is 5.63. The molecule has 114 valence electrons. The Labute approximate surface area is 139 Å². The van der Waals surface area contributed by atoms with E-state index in [-0.39, 0.29) is 14.1 Å². The van der Waals surface area contributed by atoms with Crippen molar-refractivity contribution in [2.45, 2.75) is 13.8 Å². The van der Waals surface area contributed by atoms with E-state index >= 15 is 0 Å². The van der Waals surface area contributed by atoms with Crippen LogP contribution in [0.3, 0.4) is 0 Å². The predicted octanol–water partition coefficient (Wildman–Crippen LogP) is 5.11. The van der Waals surface area contributed by atoms with Crippen LogP contribution in [0.2, 0.25) is 0 Å². The van der Waals surface area contributed by atoms with Crippen LogP contribution in [-0.4, -0.2) is 5.52 Å². The summed E-state index contributed by atoms with van der Waals surface area (Å²) in [4.78, 5) is 12.9. The van der Waals surface area contributed by atoms with Crippen molar-refractivity contribution in [3.8, 4) is 11.1 Å². The summed E-state index contributed by atoms with van der Waals surface area (Å²) in [7, 11) is 0.134. The average Bonchev–Trinajstić information content (AvgIpc) is 2.56. The minimum absolute atomic E-state index is 0.134. The van der Waals surface area contributed by atoms with Crippen molar-refractivity contribution in [1.29, 1.82) is 0 Å². The maximum atomic E-state index is 12.9. The monoisotopic (exact) mass is 318 g/mol. The normalized spacial score (nSPS) is 11.0. The van der Waals surface area contributed by atoms with E-state index in [0.717, 1.165) is 33.1 Å². The van der Waals surface area contributed by atoms with Gasteiger partial charge < -0.3 is 0 Å². The standard InChI is InChI=1S/C21H19OP/c1-15-9-8-10-16(2)20(15)21(22)23-19-14-7-6-13-18(19)17-11-4-3-5-12-17/h3-14,23H,1-2H3. The molecule has 3 aromatic rings. The molecule has 0 N–H and O–H groups in total. The minimum Gasteiger partial charge on any atom is -0.289 e. The Kier molecular flexibility index (Phi) is 4.69. The van der Waals surface area contributed by atoms with Crippen molar-refractivity contribution in [3.63, 3.8) is 0 Å². The number of rotatable bonds is 4. The molecule has 0 aromatic heterocycles. The molecule has 0 saturated carbocycles. The number of hydrogen-bond donors (Lipinski definition) is 0. The number of hydrogen-bond acceptors (Lipinski definition) is 1. The summed E-state index contributed by atoms with van der Waals surface area (Å²) in [5.41, 5.74) is 5.49. The second kappa shape index (κ2) is 6.89. The molecule has 3 aromatic carbocycles. The highest BCUT2D eigenvalue weighted by atomic mass is 31.1. The van der Waals surface area contributed by atoms with Crippen molar-refractivity contribution in [2.24, 2.45) is 0 Å². The molecule has 0 spiro atoms. The van der Waals surface area contributed by atoms with Gasteiger partial charge >= 0.3 is 0 Å². The molecule has 0 bridgehead atoms. The van der Waals surface area contributed by atoms with Gasteiger partial charge in [0.1, 0.15) is 0 Å². The topological polar surface area (TPSA) is 17.1 Å². The van der Waals surface area contributed by atoms with Crippen LogP contribution in [0.15, 0.2) is 72.8 Å². The van der Waals surface area contributed by atoms with Gasteiger partial charge in [-0.1, -0.05) is 72.8 Å². The Morgan fingerprint density at radius 2 is 1.35 bits per heavy atom. The van der Waals surface area contributed by atoms with Crippen LogP contribution in [0.4, 0.5) is 0 Å². The molecule has 0 saturated heterocycles. The Bertz CT molecular complexity index is 817. The van der Waals surface area contributed by atoms with E-state index in [1.165, 1.54) is 0 Å². The Morgan fingerprint density at radius 1 is 0.739 bits per heavy atom. The summed E-state index contributed by atoms with van der Waals surface area (Å²) in [5, 5.41) is 1.10. The van der Waals surface area contributed by atoms with Gasteiger partial charge in [0.05, 0.1) is 0 Å². The molecule has 0 aliphatic rings. The molecule has 0 heterocycles. The van der Waals surface area contributed by atoms with Gasteiger partial charge in [-0.3, -0.25) is 4.79 Å². The molecular formula is C21H19OP. The first-order valence-corrected chi connectivity index (χ1v) is 8.69. The van der Waals surface area contributed by atoms with Crippen molar-refractivity contribution in [3.05, 3.63) is 89.5 Å². The Morgan fingerprint density at radius 3 is 2.04 bits per heavy atom. The third-order valence-electron chi connectivity index (χ3n) is 3.97. The first-order chi connectivity index (χ1) is 11.2. The molecule has 0 aliphatic carbocycles. The lowest BCUT2D eigenvalue weighted by molar-refractivity contribution is 0.108. The minimum atomic E-state index is 0.134. The van der Waals surface area contributed by atoms with Gasteiger partial charge in [0.2, 0.25) is 0 Å². The largest absolute Gasteiger partial charge is 0.289 e. The molecule has 3 rings (SSSR count). The third-order valence-corrected chi connectivity index (χ3v) is 5.15. The van der Waals surface area contributed by atoms with Crippen LogP contribution in [0.25, 0.3) is 11.1 Å². The maximum absolute atomic E-state index is 12.9. The maximum Gasteiger partial charge on any atom is 0.186 e. The zero-order valence-corrected chi connectivity index (χ0v) is 14.3. The van der Waals surface area contributed by atoms with E-state index in [2.05, 4.69) is 24.3 Å². The van der Waals surface area contributed by atoms with E-state index in [4.69, 9.17) is 0 Å². The molecule has 2 heteroatoms. The highest BCUT2D eigenvalue weighted by Gasteiger charge is 2.14. The van der Waals surface area contributed by atoms with Gasteiger partial charge in [-0.25, -0.2) is 0 Å². The lowest BCUT2D eigenvalue weighted by atomic mass is 10.0. The van der Waals surface area contributed by atoms with Gasteiger partial charge in [0.25, 0.3) is 0 Å². The van der Waals surface area contributed by atoms with Crippen molar-refractivity contribution in [1.82, 2.24) is 0 Å². The fourth-order valence-corrected chi connectivity index (χ4v) is 4.12. The van der Waals surface area contributed by atoms with Crippen LogP contribution in [-0.2, 0) is 0 Å². The molecule has 0 amide bonds. The fourth-order valence-electron chi connectivity index (χ4n) is 2.82. The van der Waals surface area contributed by atoms with Crippen LogP contribution >= 0.6 is 8.58 Å². The van der Waals surface area contributed by atoms with Gasteiger partial charge in [-0.2, -0.15) is 0 Å². The van der Waals surface area contributed by atoms with Gasteiger partial charge in [0.15, 0.2) is 5.52 Å². The first-order valence-electron chi connectivity index (χ1n) is 7.69. The Balaban J connectivity index is 1.97. The first kappa shape index (κ1) is 15.6. The average molecular weight is 318 g/mol. The highest BCUT2D eigenvalue weighted by molar-refractivity contribution is 7.66. The van der Waals surface area contributed by atoms with E-state index in [1.807, 2.05) is 62.4 Å². The summed E-state index contributed by atoms with van der Waals surface area (Å²) in [6, 6.07) is 24.5. The summed E-state index contributed by atoms with van der Waals surface area (Å²) in [6.07, 6.45) is 0. The van der Waals surface area contributed by atoms with Crippen molar-refractivity contribution in [2.75, 3.05) is 0 Å². The second-order valence-corrected chi connectivity index (χ2v) is 6.88. The molecule has 1 unspecified atom stereocenters. The zero-order valence-electron chi connectivity index (χ0n) is 13.3. The highest BCUT2D eigenvalue weighted by Crippen LogP contribution is 2.28. The van der Waals surface area contributed by atoms with Gasteiger partial charge in [0, 0.05) is 5.56 Å². The molecular weight excluding hydrogens is 299 g/mol. The lowest BCUT2D eigenvalue weighted by Crippen LogP contribution is -2.07. The molecule has 0 radical (unpaired) electrons. The van der Waals surface area contributed by atoms with E-state index < -0.39 is 0 Å². The molecule has 0 aliphatic heterocycles. The van der Waals surface area contributed by atoms with Crippen LogP contribution in [0.5, 0.6) is 0 Å². The third kappa shape index (κ3) is 3.41. The molecule has 1 nitrogen and oxygen atoms in total. The van der Waals surface area contributed by atoms with Crippen LogP contribution < -0.4 is 5.30 Å². The van der Waals surface area contributed by atoms with Gasteiger partial charge in [-0.15, -0.1) is 0 Å². The smallest absolute Gasteiger partial charge is 0.186 e. The van der Waals surface area contributed by atoms with Crippen LogP contribution in [0.1, 0.15) is 21.5 Å². The zero-order chi connectivity index (χ0) is 16.2. The summed E-state index contributed by atoms with van der Waals surface area (Å²) < 4.78 is 0. The van der Waals surface area contributed by atoms with Crippen molar-refractivity contribution >= 4 is 19.4 Å². The fraction of sp³-hybridized carbons (Fsp3) is 0.0952. The number of carbonyl (C=O) groups is 1. The number of benzene rings is 3. The number of aryl methyl sites for hydroxylation is 2. The number of carbonyl (C=O) groups excluding carboxylic acids is 1. The van der Waals surface area contributed by atoms with E-state index in [0.29, 0.717) is 0 Å². The van der Waals surface area contributed by atoms with E-state index in [1.54, 1.807) is 0 Å². The molecule has 0 fully saturated rings. The summed E-state index contributed by atoms with van der Waals surface area (Å²) in [5.74, 6) is 0. The van der Waals surface area contributed by atoms with Crippen molar-refractivity contribution < 1.29 is 4.79 Å². The quantitative estimate of drug-likeness (QED) is 0.611.